The molecule has 4 rings (SSSR count). The van der Waals surface area contributed by atoms with E-state index in [0.717, 1.165) is 13.1 Å². The topological polar surface area (TPSA) is 52.6 Å². The number of carboxylic acid groups (broad SMARTS) is 1. The number of piperidine rings is 1. The molecule has 0 saturated carbocycles. The molecule has 1 aliphatic heterocycles. The maximum atomic E-state index is 10.6. The largest absolute Gasteiger partial charge is 0.490 e. The van der Waals surface area contributed by atoms with E-state index >= 15 is 0 Å². The maximum absolute atomic E-state index is 10.6. The molecule has 0 bridgehead atoms. The second-order valence-corrected chi connectivity index (χ2v) is 8.37. The van der Waals surface area contributed by atoms with Crippen LogP contribution in [-0.2, 0) is 4.79 Å². The van der Waals surface area contributed by atoms with Crippen LogP contribution in [0.2, 0.25) is 0 Å². The predicted molar refractivity (Wildman–Crippen MR) is 119 cm³/mol. The van der Waals surface area contributed by atoms with E-state index in [1.807, 2.05) is 11.3 Å². The summed E-state index contributed by atoms with van der Waals surface area (Å²) < 4.78 is 33.1. The number of alkyl halides is 3. The standard InChI is InChI=1S/C21H24N2S.C2HF3O2/c1-16(17-5-3-2-4-6-17)23(19-9-12-22-13-10-19)20-7-8-21-18(15-20)11-14-24-21;3-2(4,5)1(6)7/h2-8,11,14-16,19,22H,9-10,12-13H2,1H3;(H,6,7). The number of nitrogens with one attached hydrogen (secondary N) is 1. The average Bonchev–Trinajstić information content (AvgIpc) is 3.23. The van der Waals surface area contributed by atoms with Crippen LogP contribution in [0.25, 0.3) is 10.1 Å². The molecule has 4 nitrogen and oxygen atoms in total. The molecule has 166 valence electrons. The molecule has 0 amide bonds. The lowest BCUT2D eigenvalue weighted by Crippen LogP contribution is -2.44. The molecule has 1 aliphatic rings. The Hall–Kier alpha value is -2.58. The lowest BCUT2D eigenvalue weighted by atomic mass is 9.98. The van der Waals surface area contributed by atoms with E-state index in [4.69, 9.17) is 9.90 Å². The Labute approximate surface area is 183 Å². The molecule has 3 aromatic rings. The molecular weight excluding hydrogens is 425 g/mol. The Morgan fingerprint density at radius 1 is 1.13 bits per heavy atom. The van der Waals surface area contributed by atoms with Crippen molar-refractivity contribution in [1.29, 1.82) is 0 Å². The molecule has 0 aliphatic carbocycles. The van der Waals surface area contributed by atoms with Crippen molar-refractivity contribution in [1.82, 2.24) is 5.32 Å². The Kier molecular flexibility index (Phi) is 7.56. The van der Waals surface area contributed by atoms with Gasteiger partial charge in [-0.3, -0.25) is 0 Å². The Balaban J connectivity index is 0.000000339. The van der Waals surface area contributed by atoms with Crippen LogP contribution in [0.4, 0.5) is 18.9 Å². The van der Waals surface area contributed by atoms with Crippen LogP contribution in [0.5, 0.6) is 0 Å². The second kappa shape index (κ2) is 10.2. The highest BCUT2D eigenvalue weighted by Gasteiger charge is 2.38. The van der Waals surface area contributed by atoms with Gasteiger partial charge >= 0.3 is 12.1 Å². The summed E-state index contributed by atoms with van der Waals surface area (Å²) in [5, 5.41) is 14.2. The fourth-order valence-corrected chi connectivity index (χ4v) is 4.61. The van der Waals surface area contributed by atoms with Crippen molar-refractivity contribution in [3.63, 3.8) is 0 Å². The summed E-state index contributed by atoms with van der Waals surface area (Å²) in [4.78, 5) is 11.5. The van der Waals surface area contributed by atoms with Crippen LogP contribution >= 0.6 is 11.3 Å². The zero-order valence-electron chi connectivity index (χ0n) is 17.1. The first kappa shape index (κ1) is 23.1. The van der Waals surface area contributed by atoms with Gasteiger partial charge in [0.15, 0.2) is 0 Å². The summed E-state index contributed by atoms with van der Waals surface area (Å²) in [5.41, 5.74) is 2.74. The lowest BCUT2D eigenvalue weighted by Gasteiger charge is -2.41. The van der Waals surface area contributed by atoms with Gasteiger partial charge in [-0.2, -0.15) is 13.2 Å². The number of aliphatic carboxylic acids is 1. The van der Waals surface area contributed by atoms with Gasteiger partial charge in [-0.25, -0.2) is 4.79 Å². The van der Waals surface area contributed by atoms with Gasteiger partial charge in [-0.15, -0.1) is 11.3 Å². The third-order valence-electron chi connectivity index (χ3n) is 5.38. The Morgan fingerprint density at radius 2 is 1.77 bits per heavy atom. The van der Waals surface area contributed by atoms with Crippen molar-refractivity contribution < 1.29 is 23.1 Å². The van der Waals surface area contributed by atoms with Gasteiger partial charge in [0.05, 0.1) is 6.04 Å². The number of nitrogens with zero attached hydrogens (tertiary/aromatic N) is 1. The molecule has 2 N–H and O–H groups in total. The van der Waals surface area contributed by atoms with Gasteiger partial charge in [0.25, 0.3) is 0 Å². The number of carbonyl (C=O) groups is 1. The third-order valence-corrected chi connectivity index (χ3v) is 6.28. The smallest absolute Gasteiger partial charge is 0.475 e. The second-order valence-electron chi connectivity index (χ2n) is 7.42. The number of rotatable bonds is 4. The van der Waals surface area contributed by atoms with E-state index in [9.17, 15) is 13.2 Å². The van der Waals surface area contributed by atoms with E-state index in [1.54, 1.807) is 0 Å². The van der Waals surface area contributed by atoms with Crippen molar-refractivity contribution in [2.45, 2.75) is 38.0 Å². The Bertz CT molecular complexity index is 985. The summed E-state index contributed by atoms with van der Waals surface area (Å²) >= 11 is 1.82. The van der Waals surface area contributed by atoms with E-state index < -0.39 is 12.1 Å². The number of hydrogen-bond donors (Lipinski definition) is 2. The quantitative estimate of drug-likeness (QED) is 0.523. The number of anilines is 1. The SMILES string of the molecule is CC(c1ccccc1)N(c1ccc2sccc2c1)C1CCNCC1.O=C(O)C(F)(F)F. The fraction of sp³-hybridized carbons (Fsp3) is 0.348. The van der Waals surface area contributed by atoms with Crippen molar-refractivity contribution in [3.05, 3.63) is 65.5 Å². The molecule has 1 saturated heterocycles. The molecule has 8 heteroatoms. The van der Waals surface area contributed by atoms with Gasteiger partial charge in [-0.05, 0) is 73.5 Å². The highest BCUT2D eigenvalue weighted by molar-refractivity contribution is 7.17. The van der Waals surface area contributed by atoms with Gasteiger partial charge in [0.2, 0.25) is 0 Å². The Morgan fingerprint density at radius 3 is 2.39 bits per heavy atom. The average molecular weight is 451 g/mol. The first-order valence-electron chi connectivity index (χ1n) is 10.1. The summed E-state index contributed by atoms with van der Waals surface area (Å²) in [5.74, 6) is -2.76. The fourth-order valence-electron chi connectivity index (χ4n) is 3.84. The minimum atomic E-state index is -5.08. The monoisotopic (exact) mass is 450 g/mol. The molecule has 1 atom stereocenters. The first-order valence-corrected chi connectivity index (χ1v) is 11.0. The van der Waals surface area contributed by atoms with E-state index in [0.29, 0.717) is 12.1 Å². The summed E-state index contributed by atoms with van der Waals surface area (Å²) in [6.07, 6.45) is -2.67. The van der Waals surface area contributed by atoms with E-state index in [2.05, 4.69) is 77.1 Å². The lowest BCUT2D eigenvalue weighted by molar-refractivity contribution is -0.192. The zero-order chi connectivity index (χ0) is 22.4. The van der Waals surface area contributed by atoms with Crippen LogP contribution in [0.1, 0.15) is 31.4 Å². The van der Waals surface area contributed by atoms with Gasteiger partial charge in [0.1, 0.15) is 0 Å². The molecule has 1 unspecified atom stereocenters. The van der Waals surface area contributed by atoms with Gasteiger partial charge < -0.3 is 15.3 Å². The normalized spacial score (nSPS) is 15.7. The third kappa shape index (κ3) is 5.98. The van der Waals surface area contributed by atoms with Crippen LogP contribution in [-0.4, -0.2) is 36.4 Å². The molecule has 0 spiro atoms. The van der Waals surface area contributed by atoms with Crippen LogP contribution in [0, 0.1) is 0 Å². The van der Waals surface area contributed by atoms with Crippen molar-refractivity contribution in [3.8, 4) is 0 Å². The van der Waals surface area contributed by atoms with E-state index in [-0.39, 0.29) is 0 Å². The van der Waals surface area contributed by atoms with Gasteiger partial charge in [-0.1, -0.05) is 30.3 Å². The number of carboxylic acids is 1. The van der Waals surface area contributed by atoms with Gasteiger partial charge in [0, 0.05) is 16.4 Å². The zero-order valence-corrected chi connectivity index (χ0v) is 17.9. The highest BCUT2D eigenvalue weighted by Crippen LogP contribution is 2.34. The molecule has 0 radical (unpaired) electrons. The molecule has 2 aromatic carbocycles. The van der Waals surface area contributed by atoms with Crippen LogP contribution in [0.3, 0.4) is 0 Å². The maximum Gasteiger partial charge on any atom is 0.490 e. The minimum absolute atomic E-state index is 0.380. The highest BCUT2D eigenvalue weighted by atomic mass is 32.1. The van der Waals surface area contributed by atoms with Crippen molar-refractivity contribution in [2.24, 2.45) is 0 Å². The first-order chi connectivity index (χ1) is 14.8. The minimum Gasteiger partial charge on any atom is -0.475 e. The summed E-state index contributed by atoms with van der Waals surface area (Å²) in [7, 11) is 0. The van der Waals surface area contributed by atoms with Crippen LogP contribution in [0.15, 0.2) is 60.0 Å². The van der Waals surface area contributed by atoms with Crippen molar-refractivity contribution >= 4 is 33.1 Å². The number of hydrogen-bond acceptors (Lipinski definition) is 4. The molecule has 1 fully saturated rings. The van der Waals surface area contributed by atoms with E-state index in [1.165, 1.54) is 34.2 Å². The molecule has 2 heterocycles. The predicted octanol–water partition coefficient (Wildman–Crippen LogP) is 5.85. The van der Waals surface area contributed by atoms with Crippen LogP contribution < -0.4 is 10.2 Å². The molecule has 31 heavy (non-hydrogen) atoms. The number of halogens is 3. The van der Waals surface area contributed by atoms with Crippen molar-refractivity contribution in [2.75, 3.05) is 18.0 Å². The number of fused-ring (bicyclic) bond motifs is 1. The number of thiophene rings is 1. The number of benzene rings is 2. The molecule has 1 aromatic heterocycles. The molecular formula is C23H25F3N2O2S. The summed E-state index contributed by atoms with van der Waals surface area (Å²) in [6, 6.07) is 21.1. The summed E-state index contributed by atoms with van der Waals surface area (Å²) in [6.45, 7) is 4.57.